The Morgan fingerprint density at radius 1 is 0.696 bits per heavy atom. The van der Waals surface area contributed by atoms with Crippen LogP contribution in [0, 0.1) is 0 Å². The molecule has 0 saturated heterocycles. The van der Waals surface area contributed by atoms with Gasteiger partial charge in [-0.1, -0.05) is 0 Å². The maximum atomic E-state index is 12.8. The van der Waals surface area contributed by atoms with E-state index in [0.717, 1.165) is 0 Å². The van der Waals surface area contributed by atoms with Gasteiger partial charge in [-0.25, -0.2) is 8.42 Å². The van der Waals surface area contributed by atoms with E-state index in [9.17, 15) is 61.3 Å². The van der Waals surface area contributed by atoms with Crippen molar-refractivity contribution in [3.8, 4) is 0 Å². The Morgan fingerprint density at radius 3 is 1.30 bits per heavy atom. The second kappa shape index (κ2) is 6.80. The molecule has 134 valence electrons. The first-order chi connectivity index (χ1) is 9.21. The summed E-state index contributed by atoms with van der Waals surface area (Å²) in [6.45, 7) is 0. The van der Waals surface area contributed by atoms with Gasteiger partial charge in [0.2, 0.25) is 0 Å². The number of hydrogen-bond acceptors (Lipinski definition) is 3. The van der Waals surface area contributed by atoms with Crippen molar-refractivity contribution in [1.82, 2.24) is 0 Å². The molecule has 0 N–H and O–H groups in total. The number of hydrogen-bond donors (Lipinski definition) is 0. The maximum absolute atomic E-state index is 12.8. The third kappa shape index (κ3) is 4.83. The fourth-order valence-corrected chi connectivity index (χ4v) is 1.47. The summed E-state index contributed by atoms with van der Waals surface area (Å²) in [4.78, 5) is 0. The molecule has 0 rings (SSSR count). The molecule has 0 saturated carbocycles. The Kier molecular flexibility index (Phi) is 7.51. The van der Waals surface area contributed by atoms with Crippen molar-refractivity contribution in [2.24, 2.45) is 0 Å². The average Bonchev–Trinajstić information content (AvgIpc) is 2.23. The smallest absolute Gasteiger partial charge is 0.743 e. The zero-order valence-electron chi connectivity index (χ0n) is 10.7. The van der Waals surface area contributed by atoms with Gasteiger partial charge >= 0.3 is 58.8 Å². The van der Waals surface area contributed by atoms with Crippen LogP contribution in [-0.2, 0) is 10.1 Å². The van der Waals surface area contributed by atoms with Crippen molar-refractivity contribution in [2.75, 3.05) is 0 Å². The Labute approximate surface area is 143 Å². The average molecular weight is 400 g/mol. The summed E-state index contributed by atoms with van der Waals surface area (Å²) in [5, 5.41) is -7.18. The van der Waals surface area contributed by atoms with Gasteiger partial charge < -0.3 is 4.55 Å². The predicted molar refractivity (Wildman–Crippen MR) is 44.8 cm³/mol. The third-order valence-electron chi connectivity index (χ3n) is 2.26. The minimum Gasteiger partial charge on any atom is -0.743 e. The predicted octanol–water partition coefficient (Wildman–Crippen LogP) is 0.377. The fraction of sp³-hybridized carbons (Fsp3) is 1.00. The molecular formula is C7H4F11NaO3S. The Hall–Kier alpha value is 0.140. The van der Waals surface area contributed by atoms with E-state index in [1.54, 1.807) is 0 Å². The topological polar surface area (TPSA) is 57.2 Å². The van der Waals surface area contributed by atoms with Gasteiger partial charge in [0.1, 0.15) is 0 Å². The Morgan fingerprint density at radius 2 is 1.04 bits per heavy atom. The molecule has 0 spiro atoms. The van der Waals surface area contributed by atoms with Crippen LogP contribution in [0.25, 0.3) is 0 Å². The van der Waals surface area contributed by atoms with Crippen molar-refractivity contribution >= 4 is 10.1 Å². The van der Waals surface area contributed by atoms with Crippen LogP contribution < -0.4 is 29.6 Å². The molecule has 0 fully saturated rings. The standard InChI is InChI=1S/C7H5F11O3S.Na/c8-3(9,1-2-4(10,11)12)5(13,14)6(15,16)7(17,18)22(19,20)21;/h1-2H2,(H,19,20,21);/q;+1/p-1. The van der Waals surface area contributed by atoms with Crippen molar-refractivity contribution in [3.05, 3.63) is 0 Å². The zero-order valence-corrected chi connectivity index (χ0v) is 13.5. The van der Waals surface area contributed by atoms with Crippen molar-refractivity contribution in [2.45, 2.75) is 42.0 Å². The van der Waals surface area contributed by atoms with Crippen LogP contribution in [0.4, 0.5) is 48.3 Å². The van der Waals surface area contributed by atoms with E-state index in [-0.39, 0.29) is 29.6 Å². The monoisotopic (exact) mass is 400 g/mol. The Balaban J connectivity index is 0. The van der Waals surface area contributed by atoms with Crippen molar-refractivity contribution in [1.29, 1.82) is 0 Å². The molecule has 0 atom stereocenters. The van der Waals surface area contributed by atoms with E-state index in [1.807, 2.05) is 0 Å². The van der Waals surface area contributed by atoms with Gasteiger partial charge in [0, 0.05) is 12.8 Å². The van der Waals surface area contributed by atoms with Gasteiger partial charge in [-0.2, -0.15) is 48.3 Å². The molecule has 0 amide bonds. The van der Waals surface area contributed by atoms with Crippen LogP contribution >= 0.6 is 0 Å². The summed E-state index contributed by atoms with van der Waals surface area (Å²) >= 11 is 0. The normalized spacial score (nSPS) is 15.3. The van der Waals surface area contributed by atoms with E-state index in [4.69, 9.17) is 0 Å². The van der Waals surface area contributed by atoms with E-state index >= 15 is 0 Å². The molecule has 0 aromatic carbocycles. The molecule has 0 aliphatic heterocycles. The Bertz CT molecular complexity index is 512. The van der Waals surface area contributed by atoms with Crippen LogP contribution in [0.3, 0.4) is 0 Å². The molecular weight excluding hydrogens is 396 g/mol. The first kappa shape index (κ1) is 25.4. The van der Waals surface area contributed by atoms with Crippen LogP contribution in [0.15, 0.2) is 0 Å². The summed E-state index contributed by atoms with van der Waals surface area (Å²) in [6.07, 6.45) is -11.3. The number of alkyl halides is 11. The van der Waals surface area contributed by atoms with E-state index in [0.29, 0.717) is 0 Å². The molecule has 0 aromatic heterocycles. The summed E-state index contributed by atoms with van der Waals surface area (Å²) in [5.41, 5.74) is 0. The molecule has 0 heterocycles. The van der Waals surface area contributed by atoms with Crippen molar-refractivity contribution < 1.29 is 90.8 Å². The van der Waals surface area contributed by atoms with E-state index in [1.165, 1.54) is 0 Å². The van der Waals surface area contributed by atoms with Crippen LogP contribution in [0.2, 0.25) is 0 Å². The second-order valence-corrected chi connectivity index (χ2v) is 5.36. The SMILES string of the molecule is O=S(=O)([O-])C(F)(F)C(F)(F)C(F)(F)C(F)(F)CCC(F)(F)F.[Na+]. The molecule has 0 aromatic rings. The number of halogens is 11. The van der Waals surface area contributed by atoms with Crippen LogP contribution in [0.1, 0.15) is 12.8 Å². The minimum absolute atomic E-state index is 0. The van der Waals surface area contributed by atoms with E-state index in [2.05, 4.69) is 0 Å². The van der Waals surface area contributed by atoms with Gasteiger partial charge in [-0.05, 0) is 0 Å². The first-order valence-electron chi connectivity index (χ1n) is 4.74. The van der Waals surface area contributed by atoms with Crippen LogP contribution in [-0.4, -0.2) is 42.2 Å². The maximum Gasteiger partial charge on any atom is 1.00 e. The summed E-state index contributed by atoms with van der Waals surface area (Å²) in [7, 11) is -7.52. The van der Waals surface area contributed by atoms with Gasteiger partial charge in [0.15, 0.2) is 10.1 Å². The molecule has 0 aliphatic rings. The summed E-state index contributed by atoms with van der Waals surface area (Å²) in [5.74, 6) is -21.1. The second-order valence-electron chi connectivity index (χ2n) is 3.94. The number of rotatable bonds is 6. The van der Waals surface area contributed by atoms with Gasteiger partial charge in [-0.3, -0.25) is 0 Å². The summed E-state index contributed by atoms with van der Waals surface area (Å²) in [6, 6.07) is 0. The zero-order chi connectivity index (χ0) is 18.4. The largest absolute Gasteiger partial charge is 1.00 e. The van der Waals surface area contributed by atoms with E-state index < -0.39 is 52.2 Å². The first-order valence-corrected chi connectivity index (χ1v) is 6.15. The quantitative estimate of drug-likeness (QED) is 0.368. The van der Waals surface area contributed by atoms with Crippen molar-refractivity contribution in [3.63, 3.8) is 0 Å². The molecule has 23 heavy (non-hydrogen) atoms. The molecule has 16 heteroatoms. The minimum atomic E-state index is -7.52. The van der Waals surface area contributed by atoms with Gasteiger partial charge in [0.05, 0.1) is 0 Å². The van der Waals surface area contributed by atoms with Gasteiger partial charge in [-0.15, -0.1) is 0 Å². The fourth-order valence-electron chi connectivity index (χ4n) is 1.03. The van der Waals surface area contributed by atoms with Gasteiger partial charge in [0.25, 0.3) is 0 Å². The molecule has 0 radical (unpaired) electrons. The third-order valence-corrected chi connectivity index (χ3v) is 3.14. The molecule has 3 nitrogen and oxygen atoms in total. The molecule has 0 bridgehead atoms. The molecule has 0 unspecified atom stereocenters. The molecule has 0 aliphatic carbocycles. The van der Waals surface area contributed by atoms with Crippen LogP contribution in [0.5, 0.6) is 0 Å². The summed E-state index contributed by atoms with van der Waals surface area (Å²) < 4.78 is 166.